The van der Waals surface area contributed by atoms with E-state index in [-0.39, 0.29) is 21.5 Å². The van der Waals surface area contributed by atoms with Crippen molar-refractivity contribution >= 4 is 21.5 Å². The molecule has 24 heavy (non-hydrogen) atoms. The van der Waals surface area contributed by atoms with E-state index in [4.69, 9.17) is 0 Å². The third-order valence-electron chi connectivity index (χ3n) is 3.95. The molecule has 0 aliphatic rings. The Balaban J connectivity index is 2.58. The first-order chi connectivity index (χ1) is 11.1. The molecule has 0 aliphatic carbocycles. The topological polar surface area (TPSA) is 20.2 Å². The van der Waals surface area contributed by atoms with E-state index >= 15 is 0 Å². The molecule has 3 aromatic carbocycles. The van der Waals surface area contributed by atoms with E-state index in [2.05, 4.69) is 0 Å². The summed E-state index contributed by atoms with van der Waals surface area (Å²) < 4.78 is 80.2. The van der Waals surface area contributed by atoms with Gasteiger partial charge >= 0.3 is 12.4 Å². The van der Waals surface area contributed by atoms with Gasteiger partial charge in [-0.1, -0.05) is 48.5 Å². The minimum Gasteiger partial charge on any atom is -0.369 e. The van der Waals surface area contributed by atoms with Crippen LogP contribution in [0.25, 0.3) is 21.5 Å². The molecule has 0 radical (unpaired) electrons. The van der Waals surface area contributed by atoms with Crippen LogP contribution in [0.2, 0.25) is 0 Å². The van der Waals surface area contributed by atoms with E-state index in [1.807, 2.05) is 0 Å². The molecule has 0 aromatic heterocycles. The molecule has 3 rings (SSSR count). The van der Waals surface area contributed by atoms with Crippen LogP contribution in [0.3, 0.4) is 0 Å². The maximum absolute atomic E-state index is 13.4. The first-order valence-electron chi connectivity index (χ1n) is 6.84. The highest BCUT2D eigenvalue weighted by atomic mass is 19.4. The van der Waals surface area contributed by atoms with Crippen LogP contribution in [0.1, 0.15) is 5.56 Å². The van der Waals surface area contributed by atoms with Crippen molar-refractivity contribution in [2.45, 2.75) is 18.0 Å². The number of fused-ring (bicyclic) bond motifs is 2. The van der Waals surface area contributed by atoms with E-state index in [0.29, 0.717) is 0 Å². The highest BCUT2D eigenvalue weighted by molar-refractivity contribution is 6.03. The van der Waals surface area contributed by atoms with E-state index in [0.717, 1.165) is 12.1 Å². The number of alkyl halides is 6. The van der Waals surface area contributed by atoms with E-state index in [9.17, 15) is 31.4 Å². The normalized spacial score (nSPS) is 13.6. The molecule has 0 heterocycles. The van der Waals surface area contributed by atoms with Crippen molar-refractivity contribution in [3.8, 4) is 0 Å². The predicted octanol–water partition coefficient (Wildman–Crippen LogP) is 5.31. The predicted molar refractivity (Wildman–Crippen MR) is 77.5 cm³/mol. The maximum atomic E-state index is 13.4. The summed E-state index contributed by atoms with van der Waals surface area (Å²) >= 11 is 0. The lowest BCUT2D eigenvalue weighted by atomic mass is 9.84. The van der Waals surface area contributed by atoms with Crippen LogP contribution < -0.4 is 0 Å². The van der Waals surface area contributed by atoms with Crippen LogP contribution in [-0.4, -0.2) is 17.5 Å². The molecule has 0 atom stereocenters. The molecule has 0 unspecified atom stereocenters. The molecule has 126 valence electrons. The van der Waals surface area contributed by atoms with E-state index in [1.165, 1.54) is 42.5 Å². The molecule has 0 aliphatic heterocycles. The number of benzene rings is 3. The Kier molecular flexibility index (Phi) is 3.53. The molecular formula is C17H10F6O. The third-order valence-corrected chi connectivity index (χ3v) is 3.95. The Bertz CT molecular complexity index is 842. The molecule has 0 saturated heterocycles. The maximum Gasteiger partial charge on any atom is 0.430 e. The largest absolute Gasteiger partial charge is 0.430 e. The minimum absolute atomic E-state index is 0.179. The molecule has 3 aromatic rings. The fourth-order valence-electron chi connectivity index (χ4n) is 2.85. The molecule has 0 saturated carbocycles. The number of rotatable bonds is 1. The van der Waals surface area contributed by atoms with Gasteiger partial charge in [-0.25, -0.2) is 0 Å². The van der Waals surface area contributed by atoms with Crippen LogP contribution in [0.15, 0.2) is 54.6 Å². The zero-order chi connectivity index (χ0) is 17.8. The van der Waals surface area contributed by atoms with E-state index in [1.54, 1.807) is 0 Å². The number of hydrogen-bond donors (Lipinski definition) is 1. The molecule has 7 heteroatoms. The molecule has 0 bridgehead atoms. The third kappa shape index (κ3) is 2.23. The van der Waals surface area contributed by atoms with Crippen molar-refractivity contribution in [1.82, 2.24) is 0 Å². The van der Waals surface area contributed by atoms with E-state index < -0.39 is 23.5 Å². The Morgan fingerprint density at radius 1 is 0.625 bits per heavy atom. The van der Waals surface area contributed by atoms with Crippen molar-refractivity contribution in [2.75, 3.05) is 0 Å². The summed E-state index contributed by atoms with van der Waals surface area (Å²) in [4.78, 5) is 0. The Morgan fingerprint density at radius 3 is 1.38 bits per heavy atom. The van der Waals surface area contributed by atoms with Crippen LogP contribution in [-0.2, 0) is 5.60 Å². The van der Waals surface area contributed by atoms with Gasteiger partial charge in [0, 0.05) is 5.56 Å². The van der Waals surface area contributed by atoms with Gasteiger partial charge < -0.3 is 5.11 Å². The zero-order valence-corrected chi connectivity index (χ0v) is 11.9. The highest BCUT2D eigenvalue weighted by Gasteiger charge is 2.72. The van der Waals surface area contributed by atoms with Crippen molar-refractivity contribution in [1.29, 1.82) is 0 Å². The summed E-state index contributed by atoms with van der Waals surface area (Å²) in [6, 6.07) is 12.2. The number of hydrogen-bond acceptors (Lipinski definition) is 1. The van der Waals surface area contributed by atoms with Crippen LogP contribution in [0.5, 0.6) is 0 Å². The Hall–Kier alpha value is -2.28. The van der Waals surface area contributed by atoms with Gasteiger partial charge in [0.15, 0.2) is 0 Å². The zero-order valence-electron chi connectivity index (χ0n) is 11.9. The van der Waals surface area contributed by atoms with Gasteiger partial charge in [-0.3, -0.25) is 0 Å². The summed E-state index contributed by atoms with van der Waals surface area (Å²) in [5, 5.41) is 9.66. The minimum atomic E-state index is -5.93. The average Bonchev–Trinajstić information content (AvgIpc) is 2.49. The summed E-state index contributed by atoms with van der Waals surface area (Å²) in [5.74, 6) is 0. The van der Waals surface area contributed by atoms with Gasteiger partial charge in [0.1, 0.15) is 0 Å². The summed E-state index contributed by atoms with van der Waals surface area (Å²) in [6.07, 6.45) is -11.9. The lowest BCUT2D eigenvalue weighted by molar-refractivity contribution is -0.375. The summed E-state index contributed by atoms with van der Waals surface area (Å²) in [5.41, 5.74) is -6.17. The Labute approximate surface area is 132 Å². The van der Waals surface area contributed by atoms with Gasteiger partial charge in [-0.05, 0) is 27.6 Å². The lowest BCUT2D eigenvalue weighted by Crippen LogP contribution is -2.54. The summed E-state index contributed by atoms with van der Waals surface area (Å²) in [7, 11) is 0. The monoisotopic (exact) mass is 344 g/mol. The van der Waals surface area contributed by atoms with Gasteiger partial charge in [0.2, 0.25) is 0 Å². The second kappa shape index (κ2) is 5.11. The molecule has 1 nitrogen and oxygen atoms in total. The number of halogens is 6. The molecular weight excluding hydrogens is 334 g/mol. The number of aliphatic hydroxyl groups is 1. The van der Waals surface area contributed by atoms with Crippen molar-refractivity contribution in [3.63, 3.8) is 0 Å². The quantitative estimate of drug-likeness (QED) is 0.469. The molecule has 0 spiro atoms. The van der Waals surface area contributed by atoms with Gasteiger partial charge in [-0.2, -0.15) is 26.3 Å². The van der Waals surface area contributed by atoms with Gasteiger partial charge in [0.05, 0.1) is 0 Å². The molecule has 0 amide bonds. The fraction of sp³-hybridized carbons (Fsp3) is 0.176. The Morgan fingerprint density at radius 2 is 1.00 bits per heavy atom. The first-order valence-corrected chi connectivity index (χ1v) is 6.84. The van der Waals surface area contributed by atoms with Crippen LogP contribution in [0, 0.1) is 0 Å². The first kappa shape index (κ1) is 16.6. The molecule has 1 N–H and O–H groups in total. The molecule has 0 fully saturated rings. The van der Waals surface area contributed by atoms with Crippen molar-refractivity contribution < 1.29 is 31.4 Å². The highest BCUT2D eigenvalue weighted by Crippen LogP contribution is 2.53. The van der Waals surface area contributed by atoms with Crippen molar-refractivity contribution in [3.05, 3.63) is 60.2 Å². The van der Waals surface area contributed by atoms with Crippen LogP contribution >= 0.6 is 0 Å². The van der Waals surface area contributed by atoms with Gasteiger partial charge in [-0.15, -0.1) is 0 Å². The SMILES string of the molecule is OC(c1c2ccccc2cc2ccccc12)(C(F)(F)F)C(F)(F)F. The van der Waals surface area contributed by atoms with Crippen molar-refractivity contribution in [2.24, 2.45) is 0 Å². The fourth-order valence-corrected chi connectivity index (χ4v) is 2.85. The standard InChI is InChI=1S/C17H10F6O/c18-16(19,20)15(24,17(21,22)23)14-12-7-3-1-5-10(12)9-11-6-2-4-8-13(11)14/h1-9,24H. The smallest absolute Gasteiger partial charge is 0.369 e. The lowest BCUT2D eigenvalue weighted by Gasteiger charge is -2.34. The van der Waals surface area contributed by atoms with Crippen LogP contribution in [0.4, 0.5) is 26.3 Å². The average molecular weight is 344 g/mol. The summed E-state index contributed by atoms with van der Waals surface area (Å²) in [6.45, 7) is 0. The van der Waals surface area contributed by atoms with Gasteiger partial charge in [0.25, 0.3) is 5.60 Å². The second-order valence-electron chi connectivity index (χ2n) is 5.40. The second-order valence-corrected chi connectivity index (χ2v) is 5.40.